The molecule has 0 aromatic heterocycles. The van der Waals surface area contributed by atoms with Gasteiger partial charge < -0.3 is 24.3 Å². The van der Waals surface area contributed by atoms with Crippen LogP contribution < -0.4 is 20.4 Å². The van der Waals surface area contributed by atoms with Gasteiger partial charge in [-0.3, -0.25) is 4.79 Å². The topological polar surface area (TPSA) is 94.1 Å². The van der Waals surface area contributed by atoms with E-state index in [0.29, 0.717) is 5.75 Å². The zero-order valence-electron chi connectivity index (χ0n) is 22.6. The Hall–Kier alpha value is -3.46. The Morgan fingerprint density at radius 1 is 0.895 bits per heavy atom. The number of rotatable bonds is 11. The fourth-order valence-electron chi connectivity index (χ4n) is 4.58. The maximum absolute atomic E-state index is 12.8. The molecular weight excluding hydrogens is 498 g/mol. The van der Waals surface area contributed by atoms with E-state index in [2.05, 4.69) is 50.4 Å². The average molecular weight is 536 g/mol. The highest BCUT2D eigenvalue weighted by molar-refractivity contribution is 6.99. The molecular formula is C30H37NO6Si. The number of carbonyl (C=O) groups is 2. The lowest BCUT2D eigenvalue weighted by Gasteiger charge is -2.44. The van der Waals surface area contributed by atoms with Gasteiger partial charge in [0.2, 0.25) is 5.91 Å². The summed E-state index contributed by atoms with van der Waals surface area (Å²) in [6, 6.07) is 26.1. The maximum Gasteiger partial charge on any atom is 0.337 e. The van der Waals surface area contributed by atoms with Gasteiger partial charge in [0.15, 0.2) is 6.10 Å². The van der Waals surface area contributed by atoms with Crippen LogP contribution >= 0.6 is 0 Å². The quantitative estimate of drug-likeness (QED) is 0.289. The lowest BCUT2D eigenvalue weighted by Crippen LogP contribution is -2.68. The van der Waals surface area contributed by atoms with Crippen molar-refractivity contribution in [3.05, 3.63) is 90.5 Å². The molecule has 8 heteroatoms. The molecule has 3 rings (SSSR count). The minimum Gasteiger partial charge on any atom is -0.497 e. The van der Waals surface area contributed by atoms with Crippen molar-refractivity contribution < 1.29 is 28.6 Å². The van der Waals surface area contributed by atoms with Crippen molar-refractivity contribution in [3.63, 3.8) is 0 Å². The van der Waals surface area contributed by atoms with E-state index in [9.17, 15) is 14.7 Å². The van der Waals surface area contributed by atoms with E-state index < -0.39 is 26.4 Å². The lowest BCUT2D eigenvalue weighted by molar-refractivity contribution is -0.157. The van der Waals surface area contributed by atoms with Crippen LogP contribution in [-0.4, -0.2) is 51.2 Å². The van der Waals surface area contributed by atoms with Crippen molar-refractivity contribution in [1.29, 1.82) is 0 Å². The van der Waals surface area contributed by atoms with Crippen molar-refractivity contribution >= 4 is 30.6 Å². The molecule has 3 aromatic carbocycles. The Morgan fingerprint density at radius 3 is 1.87 bits per heavy atom. The molecule has 0 aliphatic carbocycles. The molecule has 3 aromatic rings. The highest BCUT2D eigenvalue weighted by Gasteiger charge is 2.50. The molecule has 0 aliphatic heterocycles. The van der Waals surface area contributed by atoms with E-state index in [0.717, 1.165) is 15.9 Å². The molecule has 1 amide bonds. The summed E-state index contributed by atoms with van der Waals surface area (Å²) >= 11 is 0. The van der Waals surface area contributed by atoms with Crippen LogP contribution in [0.3, 0.4) is 0 Å². The molecule has 38 heavy (non-hydrogen) atoms. The van der Waals surface area contributed by atoms with Crippen molar-refractivity contribution in [2.24, 2.45) is 0 Å². The van der Waals surface area contributed by atoms with Gasteiger partial charge in [0, 0.05) is 6.92 Å². The average Bonchev–Trinajstić information content (AvgIpc) is 2.91. The Morgan fingerprint density at radius 2 is 1.42 bits per heavy atom. The van der Waals surface area contributed by atoms with Crippen molar-refractivity contribution in [3.8, 4) is 5.75 Å². The number of hydrogen-bond acceptors (Lipinski definition) is 6. The molecule has 0 heterocycles. The van der Waals surface area contributed by atoms with Crippen LogP contribution in [0.15, 0.2) is 84.9 Å². The minimum absolute atomic E-state index is 0.0256. The molecule has 0 saturated heterocycles. The number of esters is 1. The first-order chi connectivity index (χ1) is 18.1. The fourth-order valence-corrected chi connectivity index (χ4v) is 9.16. The largest absolute Gasteiger partial charge is 0.497 e. The van der Waals surface area contributed by atoms with E-state index in [-0.39, 0.29) is 24.2 Å². The molecule has 2 atom stereocenters. The number of hydrogen-bond donors (Lipinski definition) is 2. The summed E-state index contributed by atoms with van der Waals surface area (Å²) in [5.41, 5.74) is 0.742. The highest BCUT2D eigenvalue weighted by atomic mass is 28.4. The van der Waals surface area contributed by atoms with Gasteiger partial charge in [-0.2, -0.15) is 0 Å². The second-order valence-corrected chi connectivity index (χ2v) is 14.5. The first kappa shape index (κ1) is 29.1. The number of carbonyl (C=O) groups excluding carboxylic acids is 2. The van der Waals surface area contributed by atoms with Gasteiger partial charge in [0.1, 0.15) is 12.4 Å². The third-order valence-corrected chi connectivity index (χ3v) is 11.5. The molecule has 0 unspecified atom stereocenters. The maximum atomic E-state index is 12.8. The van der Waals surface area contributed by atoms with Crippen LogP contribution in [0.4, 0.5) is 0 Å². The number of ether oxygens (including phenoxy) is 2. The van der Waals surface area contributed by atoms with Crippen LogP contribution in [0.1, 0.15) is 33.3 Å². The zero-order valence-corrected chi connectivity index (χ0v) is 23.6. The van der Waals surface area contributed by atoms with E-state index in [1.807, 2.05) is 36.4 Å². The normalized spacial score (nSPS) is 13.3. The summed E-state index contributed by atoms with van der Waals surface area (Å²) in [7, 11) is -1.38. The molecule has 0 aliphatic rings. The Balaban J connectivity index is 1.86. The first-order valence-corrected chi connectivity index (χ1v) is 14.5. The molecule has 2 N–H and O–H groups in total. The zero-order chi connectivity index (χ0) is 27.8. The molecule has 0 radical (unpaired) electrons. The Labute approximate surface area is 225 Å². The van der Waals surface area contributed by atoms with Crippen molar-refractivity contribution in [2.45, 2.75) is 51.5 Å². The van der Waals surface area contributed by atoms with Gasteiger partial charge in [-0.25, -0.2) is 4.79 Å². The number of aliphatic hydroxyl groups excluding tert-OH is 1. The second kappa shape index (κ2) is 12.9. The van der Waals surface area contributed by atoms with Gasteiger partial charge >= 0.3 is 5.97 Å². The molecule has 0 spiro atoms. The fraction of sp³-hybridized carbons (Fsp3) is 0.333. The predicted molar refractivity (Wildman–Crippen MR) is 150 cm³/mol. The third-order valence-electron chi connectivity index (χ3n) is 6.45. The van der Waals surface area contributed by atoms with Crippen LogP contribution in [-0.2, 0) is 25.4 Å². The van der Waals surface area contributed by atoms with E-state index >= 15 is 0 Å². The van der Waals surface area contributed by atoms with Gasteiger partial charge in [-0.05, 0) is 33.1 Å². The third kappa shape index (κ3) is 6.89. The second-order valence-electron chi connectivity index (χ2n) is 10.2. The first-order valence-electron chi connectivity index (χ1n) is 12.6. The van der Waals surface area contributed by atoms with Crippen LogP contribution in [0.2, 0.25) is 5.04 Å². The summed E-state index contributed by atoms with van der Waals surface area (Å²) in [5, 5.41) is 15.4. The summed E-state index contributed by atoms with van der Waals surface area (Å²) < 4.78 is 17.3. The van der Waals surface area contributed by atoms with Crippen LogP contribution in [0.25, 0.3) is 0 Å². The number of amides is 1. The van der Waals surface area contributed by atoms with Gasteiger partial charge in [0.25, 0.3) is 8.32 Å². The molecule has 0 fully saturated rings. The van der Waals surface area contributed by atoms with Gasteiger partial charge in [0.05, 0.1) is 19.8 Å². The number of methoxy groups -OCH3 is 1. The molecule has 0 saturated carbocycles. The van der Waals surface area contributed by atoms with Gasteiger partial charge in [-0.15, -0.1) is 0 Å². The number of nitrogens with one attached hydrogen (secondary N) is 1. The highest BCUT2D eigenvalue weighted by Crippen LogP contribution is 2.36. The Kier molecular flexibility index (Phi) is 9.85. The van der Waals surface area contributed by atoms with Crippen molar-refractivity contribution in [2.75, 3.05) is 13.7 Å². The molecule has 202 valence electrons. The predicted octanol–water partition coefficient (Wildman–Crippen LogP) is 3.18. The van der Waals surface area contributed by atoms with E-state index in [4.69, 9.17) is 13.9 Å². The van der Waals surface area contributed by atoms with E-state index in [1.165, 1.54) is 6.92 Å². The summed E-state index contributed by atoms with van der Waals surface area (Å²) in [4.78, 5) is 24.9. The van der Waals surface area contributed by atoms with Gasteiger partial charge in [-0.1, -0.05) is 93.6 Å². The summed E-state index contributed by atoms with van der Waals surface area (Å²) in [5.74, 6) is -0.542. The molecule has 7 nitrogen and oxygen atoms in total. The number of benzene rings is 3. The smallest absolute Gasteiger partial charge is 0.337 e. The van der Waals surface area contributed by atoms with E-state index in [1.54, 1.807) is 31.4 Å². The minimum atomic E-state index is -2.95. The van der Waals surface area contributed by atoms with Crippen molar-refractivity contribution in [1.82, 2.24) is 5.32 Å². The summed E-state index contributed by atoms with van der Waals surface area (Å²) in [6.45, 7) is 7.63. The van der Waals surface area contributed by atoms with Crippen LogP contribution in [0, 0.1) is 0 Å². The lowest BCUT2D eigenvalue weighted by atomic mass is 10.1. The monoisotopic (exact) mass is 535 g/mol. The van der Waals surface area contributed by atoms with Crippen LogP contribution in [0.5, 0.6) is 5.75 Å². The standard InChI is InChI=1S/C30H37NO6Si/c1-22(32)31-27(28(33)29(34)36-20-23-16-18-24(35-5)19-17-23)21-37-38(30(2,3)4,25-12-8-6-9-13-25)26-14-10-7-11-15-26/h6-19,27-28,33H,20-21H2,1-5H3,(H,31,32)/t27-,28+/m1/s1. The SMILES string of the molecule is COc1ccc(COC(=O)[C@@H](O)[C@@H](CO[Si](c2ccccc2)(c2ccccc2)C(C)(C)C)NC(C)=O)cc1. The summed E-state index contributed by atoms with van der Waals surface area (Å²) in [6.07, 6.45) is -1.62. The Bertz CT molecular complexity index is 1140. The number of aliphatic hydroxyl groups is 1. The molecule has 0 bridgehead atoms.